The molecule has 2 atom stereocenters. The minimum Gasteiger partial charge on any atom is -0.494 e. The molecule has 2 aromatic rings. The number of hydrogen-bond donors (Lipinski definition) is 1. The lowest BCUT2D eigenvalue weighted by atomic mass is 9.85. The van der Waals surface area contributed by atoms with Crippen LogP contribution in [0.1, 0.15) is 60.8 Å². The Morgan fingerprint density at radius 1 is 1.22 bits per heavy atom. The van der Waals surface area contributed by atoms with Gasteiger partial charge in [0, 0.05) is 10.6 Å². The summed E-state index contributed by atoms with van der Waals surface area (Å²) < 4.78 is 26.6. The predicted molar refractivity (Wildman–Crippen MR) is 141 cm³/mol. The summed E-state index contributed by atoms with van der Waals surface area (Å²) in [6, 6.07) is 7.21. The molecule has 0 aromatic heterocycles. The van der Waals surface area contributed by atoms with Crippen LogP contribution in [0.3, 0.4) is 0 Å². The number of nitrogens with zero attached hydrogens (tertiary/aromatic N) is 1. The fourth-order valence-electron chi connectivity index (χ4n) is 4.44. The van der Waals surface area contributed by atoms with Crippen LogP contribution in [0.5, 0.6) is 5.75 Å². The number of rotatable bonds is 7. The van der Waals surface area contributed by atoms with Crippen LogP contribution in [0.25, 0.3) is 0 Å². The van der Waals surface area contributed by atoms with Crippen LogP contribution >= 0.6 is 11.6 Å². The lowest BCUT2D eigenvalue weighted by molar-refractivity contribution is -0.137. The van der Waals surface area contributed by atoms with Crippen LogP contribution in [0.2, 0.25) is 23.2 Å². The molecule has 36 heavy (non-hydrogen) atoms. The van der Waals surface area contributed by atoms with Gasteiger partial charge in [-0.1, -0.05) is 44.5 Å². The number of aromatic carboxylic acids is 1. The summed E-state index contributed by atoms with van der Waals surface area (Å²) in [6.45, 7) is 12.8. The highest BCUT2D eigenvalue weighted by Crippen LogP contribution is 2.40. The molecule has 1 aliphatic rings. The van der Waals surface area contributed by atoms with Crippen molar-refractivity contribution in [3.05, 3.63) is 63.4 Å². The van der Waals surface area contributed by atoms with Crippen molar-refractivity contribution in [2.45, 2.75) is 70.8 Å². The second-order valence-electron chi connectivity index (χ2n) is 10.8. The SMILES string of the molecule is COc1ccc(Cl)c(CC(=O)N2[C@@H](CO[Si](C)(C)C(C)(C)C)Cc3c(C(=O)O)cccc3[C@@H]2C)c1F. The summed E-state index contributed by atoms with van der Waals surface area (Å²) in [5.74, 6) is -1.96. The maximum Gasteiger partial charge on any atom is 0.335 e. The van der Waals surface area contributed by atoms with Gasteiger partial charge in [-0.05, 0) is 60.8 Å². The first-order valence-corrected chi connectivity index (χ1v) is 15.3. The molecule has 0 spiro atoms. The Bertz CT molecular complexity index is 1160. The average molecular weight is 536 g/mol. The van der Waals surface area contributed by atoms with Crippen LogP contribution in [0.4, 0.5) is 4.39 Å². The highest BCUT2D eigenvalue weighted by atomic mass is 35.5. The van der Waals surface area contributed by atoms with Crippen molar-refractivity contribution in [3.8, 4) is 5.75 Å². The molecule has 0 radical (unpaired) electrons. The highest BCUT2D eigenvalue weighted by molar-refractivity contribution is 6.74. The smallest absolute Gasteiger partial charge is 0.335 e. The van der Waals surface area contributed by atoms with E-state index in [0.29, 0.717) is 12.0 Å². The van der Waals surface area contributed by atoms with Crippen molar-refractivity contribution in [1.29, 1.82) is 0 Å². The van der Waals surface area contributed by atoms with E-state index in [1.54, 1.807) is 17.0 Å². The van der Waals surface area contributed by atoms with Gasteiger partial charge in [0.1, 0.15) is 0 Å². The molecule has 1 heterocycles. The average Bonchev–Trinajstić information content (AvgIpc) is 2.79. The van der Waals surface area contributed by atoms with Gasteiger partial charge < -0.3 is 19.2 Å². The van der Waals surface area contributed by atoms with E-state index in [2.05, 4.69) is 33.9 Å². The quantitative estimate of drug-likeness (QED) is 0.423. The summed E-state index contributed by atoms with van der Waals surface area (Å²) in [5, 5.41) is 9.90. The lowest BCUT2D eigenvalue weighted by Crippen LogP contribution is -2.52. The molecule has 9 heteroatoms. The lowest BCUT2D eigenvalue weighted by Gasteiger charge is -2.44. The molecule has 0 bridgehead atoms. The molecular formula is C27H35ClFNO5Si. The number of amides is 1. The van der Waals surface area contributed by atoms with Gasteiger partial charge in [-0.3, -0.25) is 4.79 Å². The third-order valence-corrected chi connectivity index (χ3v) is 12.4. The summed E-state index contributed by atoms with van der Waals surface area (Å²) >= 11 is 6.27. The molecule has 1 amide bonds. The van der Waals surface area contributed by atoms with Gasteiger partial charge in [-0.25, -0.2) is 9.18 Å². The van der Waals surface area contributed by atoms with Crippen LogP contribution < -0.4 is 4.74 Å². The summed E-state index contributed by atoms with van der Waals surface area (Å²) in [5.41, 5.74) is 1.77. The maximum atomic E-state index is 15.0. The monoisotopic (exact) mass is 535 g/mol. The Labute approximate surface area is 218 Å². The van der Waals surface area contributed by atoms with Crippen molar-refractivity contribution >= 4 is 31.8 Å². The largest absolute Gasteiger partial charge is 0.494 e. The zero-order valence-electron chi connectivity index (χ0n) is 21.9. The normalized spacial score (nSPS) is 18.1. The number of benzene rings is 2. The van der Waals surface area contributed by atoms with E-state index in [1.807, 2.05) is 13.0 Å². The minimum absolute atomic E-state index is 0.0168. The Morgan fingerprint density at radius 2 is 1.89 bits per heavy atom. The first kappa shape index (κ1) is 28.2. The Balaban J connectivity index is 2.02. The number of carbonyl (C=O) groups excluding carboxylic acids is 1. The molecule has 0 fully saturated rings. The number of hydrogen-bond acceptors (Lipinski definition) is 4. The molecule has 1 aliphatic heterocycles. The third-order valence-electron chi connectivity index (χ3n) is 7.57. The standard InChI is InChI=1S/C27H35ClFNO5Si/c1-16-18-9-8-10-19(26(32)33)20(18)13-17(15-35-36(6,7)27(2,3)4)30(16)24(31)14-21-22(28)11-12-23(34-5)25(21)29/h8-12,16-17H,13-15H2,1-7H3,(H,32,33)/t16-,17+/m0/s1. The number of carboxylic acids is 1. The molecule has 6 nitrogen and oxygen atoms in total. The van der Waals surface area contributed by atoms with Gasteiger partial charge in [0.15, 0.2) is 19.9 Å². The van der Waals surface area contributed by atoms with E-state index in [1.165, 1.54) is 19.2 Å². The number of carboxylic acid groups (broad SMARTS) is 1. The van der Waals surface area contributed by atoms with Crippen molar-refractivity contribution < 1.29 is 28.2 Å². The van der Waals surface area contributed by atoms with Gasteiger partial charge in [-0.15, -0.1) is 0 Å². The van der Waals surface area contributed by atoms with Crippen LogP contribution in [0, 0.1) is 5.82 Å². The fraction of sp³-hybridized carbons (Fsp3) is 0.481. The van der Waals surface area contributed by atoms with Crippen molar-refractivity contribution in [2.75, 3.05) is 13.7 Å². The molecule has 196 valence electrons. The summed E-state index contributed by atoms with van der Waals surface area (Å²) in [7, 11) is -0.802. The van der Waals surface area contributed by atoms with Crippen molar-refractivity contribution in [2.24, 2.45) is 0 Å². The van der Waals surface area contributed by atoms with E-state index < -0.39 is 32.2 Å². The van der Waals surface area contributed by atoms with Crippen molar-refractivity contribution in [3.63, 3.8) is 0 Å². The highest BCUT2D eigenvalue weighted by Gasteiger charge is 2.41. The number of fused-ring (bicyclic) bond motifs is 1. The van der Waals surface area contributed by atoms with Gasteiger partial charge in [-0.2, -0.15) is 0 Å². The van der Waals surface area contributed by atoms with Gasteiger partial charge >= 0.3 is 5.97 Å². The van der Waals surface area contributed by atoms with E-state index in [0.717, 1.165) is 5.56 Å². The maximum absolute atomic E-state index is 15.0. The third kappa shape index (κ3) is 5.45. The molecular weight excluding hydrogens is 501 g/mol. The second-order valence-corrected chi connectivity index (χ2v) is 16.0. The fourth-order valence-corrected chi connectivity index (χ4v) is 5.70. The first-order chi connectivity index (χ1) is 16.7. The molecule has 2 aromatic carbocycles. The first-order valence-electron chi connectivity index (χ1n) is 12.0. The van der Waals surface area contributed by atoms with E-state index in [9.17, 15) is 14.7 Å². The molecule has 0 saturated heterocycles. The molecule has 0 saturated carbocycles. The van der Waals surface area contributed by atoms with E-state index in [-0.39, 0.29) is 45.9 Å². The van der Waals surface area contributed by atoms with Crippen LogP contribution in [0.15, 0.2) is 30.3 Å². The Hall–Kier alpha value is -2.42. The zero-order valence-corrected chi connectivity index (χ0v) is 23.7. The van der Waals surface area contributed by atoms with E-state index in [4.69, 9.17) is 20.8 Å². The van der Waals surface area contributed by atoms with Crippen molar-refractivity contribution in [1.82, 2.24) is 4.90 Å². The van der Waals surface area contributed by atoms with Gasteiger partial charge in [0.2, 0.25) is 5.91 Å². The van der Waals surface area contributed by atoms with Gasteiger partial charge in [0.05, 0.1) is 37.8 Å². The zero-order chi connectivity index (χ0) is 27.0. The Kier molecular flexibility index (Phi) is 8.22. The molecule has 3 rings (SSSR count). The number of carbonyl (C=O) groups is 2. The van der Waals surface area contributed by atoms with Gasteiger partial charge in [0.25, 0.3) is 0 Å². The second kappa shape index (κ2) is 10.5. The van der Waals surface area contributed by atoms with Crippen LogP contribution in [-0.2, 0) is 22.1 Å². The summed E-state index contributed by atoms with van der Waals surface area (Å²) in [4.78, 5) is 27.4. The molecule has 1 N–H and O–H groups in total. The number of methoxy groups -OCH3 is 1. The molecule has 0 aliphatic carbocycles. The topological polar surface area (TPSA) is 76.1 Å². The van der Waals surface area contributed by atoms with E-state index >= 15 is 4.39 Å². The Morgan fingerprint density at radius 3 is 2.47 bits per heavy atom. The molecule has 0 unspecified atom stereocenters. The summed E-state index contributed by atoms with van der Waals surface area (Å²) in [6.07, 6.45) is 0.0770. The number of halogens is 2. The van der Waals surface area contributed by atoms with Crippen LogP contribution in [-0.4, -0.2) is 50.0 Å². The number of ether oxygens (including phenoxy) is 1. The minimum atomic E-state index is -2.16. The predicted octanol–water partition coefficient (Wildman–Crippen LogP) is 6.26.